The molecule has 103 heavy (non-hydrogen) atoms. The van der Waals surface area contributed by atoms with Gasteiger partial charge in [0.25, 0.3) is 32.5 Å². The second-order valence-corrected chi connectivity index (χ2v) is 25.8. The molecule has 0 saturated carbocycles. The van der Waals surface area contributed by atoms with Gasteiger partial charge in [-0.05, 0) is 36.6 Å². The minimum absolute atomic E-state index is 0.0329. The highest BCUT2D eigenvalue weighted by molar-refractivity contribution is 7.46. The maximum atomic E-state index is 13.3. The standard InChI is InChI=1S/C57H83N6O39P/c1-20(69)60-31-36(76)34(74)27(15-65)94-49(31)97-46-39(79)42(82)52(100-54(46)91-19-68)96-44-28(16-66)95-50(32(37(44)77)61-21(2)70)98-45-38(78)41(81)51(99-53(45)90-18-67)89-12-10-59-47(83)23-6-3-22(4-7-23)5-8-24-25(71)13-57(55(84)85,101-43(24)33(73)26(72)14-64)102-103(87,88)92-17-29-35(75)40(80)48(93-29)63-11-9-30(58)62-56(63)86/h3-4,6-7,9,11,18-19,24-29,31-46,48-54,64-66,71-82H,5,8,10,12-17H2,1-2H3,(H,59,83)(H,60,69)(H,61,70)(H,84,85)(H,87,88)(H2,58,62,86)/p-1/t24-,25-,26-,27?,28?,29-,31?,32?,33-,34-,35+,36-,37-,38-,39-,40?,41?,42?,43?,44-,45+,46+,48-,49-,50-,51-,52-,53?,54?,57-/m1/s1. The van der Waals surface area contributed by atoms with Gasteiger partial charge in [-0.1, -0.05) is 12.1 Å². The molecule has 7 heterocycles. The number of nitrogens with zero attached hydrogens (tertiary/aromatic N) is 2. The smallest absolute Gasteiger partial charge is 0.364 e. The molecule has 31 atom stereocenters. The first-order valence-electron chi connectivity index (χ1n) is 31.6. The van der Waals surface area contributed by atoms with Crippen LogP contribution >= 0.6 is 7.82 Å². The van der Waals surface area contributed by atoms with Crippen molar-refractivity contribution in [3.63, 3.8) is 0 Å². The van der Waals surface area contributed by atoms with Crippen LogP contribution in [-0.4, -0.2) is 339 Å². The average molecular weight is 1510 g/mol. The lowest BCUT2D eigenvalue weighted by Crippen LogP contribution is -2.70. The Kier molecular flexibility index (Phi) is 28.8. The highest BCUT2D eigenvalue weighted by Gasteiger charge is 2.60. The molecule has 8 rings (SSSR count). The molecule has 0 aliphatic carbocycles. The van der Waals surface area contributed by atoms with Crippen molar-refractivity contribution in [3.8, 4) is 0 Å². The van der Waals surface area contributed by atoms with Gasteiger partial charge in [-0.25, -0.2) is 9.59 Å². The molecule has 6 aliphatic rings. The van der Waals surface area contributed by atoms with Crippen molar-refractivity contribution >= 4 is 50.3 Å². The number of phosphoric acid groups is 1. The van der Waals surface area contributed by atoms with Gasteiger partial charge in [-0.15, -0.1) is 0 Å². The number of aromatic nitrogens is 2. The zero-order valence-electron chi connectivity index (χ0n) is 54.2. The number of benzene rings is 1. The fourth-order valence-corrected chi connectivity index (χ4v) is 13.1. The number of nitrogens with two attached hydrogens (primary N) is 1. The summed E-state index contributed by atoms with van der Waals surface area (Å²) in [5.41, 5.74) is 4.96. The first kappa shape index (κ1) is 82.5. The SMILES string of the molecule is CC(=O)NC1[C@@H](O[C@@H]2C(OC=O)O[C@@H](O[C@@H]3C(CO)O[C@H](O[C@@H]4C(OC=O)O[C@@H](OCCNC(=O)c5ccc(CC[C@H]6C([C@H](O)[C@H](O)CO)O[C@](OP(=O)([O-])OC[C@H]7O[C@@H](n8ccc(N)nc8=O)C(O)[C@H]7O)(C(=O)O)C[C@H]6O)cc5)C(O)[C@H]4O)C(NC(C)=O)[C@H]3O)C(O)[C@H]2O)OC(CO)[C@@H](O)[C@@H]1O. The number of hydrogen-bond acceptors (Lipinski definition) is 40. The number of aliphatic carboxylic acids is 1. The molecule has 45 nitrogen and oxygen atoms in total. The topological polar surface area (TPSA) is 692 Å². The van der Waals surface area contributed by atoms with Gasteiger partial charge in [-0.3, -0.25) is 37.6 Å². The number of ether oxygens (including phenoxy) is 12. The third-order valence-corrected chi connectivity index (χ3v) is 18.4. The van der Waals surface area contributed by atoms with E-state index in [1.807, 2.05) is 0 Å². The monoisotopic (exact) mass is 1510 g/mol. The van der Waals surface area contributed by atoms with Crippen LogP contribution in [0, 0.1) is 5.92 Å². The number of rotatable bonds is 32. The van der Waals surface area contributed by atoms with E-state index in [2.05, 4.69) is 20.9 Å². The van der Waals surface area contributed by atoms with Crippen LogP contribution < -0.4 is 32.3 Å². The van der Waals surface area contributed by atoms with E-state index in [-0.39, 0.29) is 43.7 Å². The quantitative estimate of drug-likeness (QED) is 0.0184. The van der Waals surface area contributed by atoms with E-state index in [1.165, 1.54) is 24.3 Å². The summed E-state index contributed by atoms with van der Waals surface area (Å²) in [5, 5.41) is 180. The number of carbonyl (C=O) groups is 6. The Hall–Kier alpha value is -6.17. The highest BCUT2D eigenvalue weighted by atomic mass is 31.2. The van der Waals surface area contributed by atoms with Gasteiger partial charge in [0, 0.05) is 44.5 Å². The van der Waals surface area contributed by atoms with Crippen LogP contribution in [0.3, 0.4) is 0 Å². The van der Waals surface area contributed by atoms with Crippen LogP contribution in [0.15, 0.2) is 41.3 Å². The number of nitrogen functional groups attached to an aromatic ring is 1. The van der Waals surface area contributed by atoms with Crippen LogP contribution in [0.25, 0.3) is 0 Å². The molecule has 46 heteroatoms. The summed E-state index contributed by atoms with van der Waals surface area (Å²) in [7, 11) is -5.93. The summed E-state index contributed by atoms with van der Waals surface area (Å²) < 4.78 is 90.3. The molecule has 21 N–H and O–H groups in total. The van der Waals surface area contributed by atoms with Gasteiger partial charge < -0.3 is 170 Å². The van der Waals surface area contributed by atoms with E-state index in [4.69, 9.17) is 71.6 Å². The van der Waals surface area contributed by atoms with Crippen molar-refractivity contribution in [1.29, 1.82) is 0 Å². The number of aryl methyl sites for hydroxylation is 1. The number of amides is 3. The van der Waals surface area contributed by atoms with Crippen LogP contribution in [0.5, 0.6) is 0 Å². The number of carbonyl (C=O) groups excluding carboxylic acids is 5. The van der Waals surface area contributed by atoms with Crippen LogP contribution in [0.4, 0.5) is 5.82 Å². The maximum absolute atomic E-state index is 13.3. The molecule has 2 aromatic rings. The molecule has 3 amide bonds. The van der Waals surface area contributed by atoms with Crippen molar-refractivity contribution in [2.24, 2.45) is 5.92 Å². The molecule has 0 spiro atoms. The molecule has 6 saturated heterocycles. The van der Waals surface area contributed by atoms with Gasteiger partial charge in [0.05, 0.1) is 45.2 Å². The molecule has 6 aliphatic heterocycles. The van der Waals surface area contributed by atoms with Crippen molar-refractivity contribution in [3.05, 3.63) is 58.1 Å². The lowest BCUT2D eigenvalue weighted by molar-refractivity contribution is -0.398. The number of aliphatic hydroxyl groups is 15. The van der Waals surface area contributed by atoms with Crippen molar-refractivity contribution in [2.45, 2.75) is 211 Å². The fourth-order valence-electron chi connectivity index (χ4n) is 12.2. The number of hydrogen-bond donors (Lipinski definition) is 20. The van der Waals surface area contributed by atoms with E-state index in [9.17, 15) is 125 Å². The average Bonchev–Trinajstić information content (AvgIpc) is 1.56. The van der Waals surface area contributed by atoms with Gasteiger partial charge in [0.1, 0.15) is 109 Å². The van der Waals surface area contributed by atoms with E-state index >= 15 is 0 Å². The first-order chi connectivity index (χ1) is 48.7. The van der Waals surface area contributed by atoms with E-state index in [1.54, 1.807) is 0 Å². The minimum atomic E-state index is -5.93. The van der Waals surface area contributed by atoms with Crippen LogP contribution in [0.1, 0.15) is 48.8 Å². The Morgan fingerprint density at radius 3 is 1.82 bits per heavy atom. The van der Waals surface area contributed by atoms with Crippen LogP contribution in [-0.2, 0) is 101 Å². The third-order valence-electron chi connectivity index (χ3n) is 17.5. The fraction of sp³-hybridized carbons (Fsp3) is 0.719. The molecular formula is C57H82N6O39P-. The van der Waals surface area contributed by atoms with Gasteiger partial charge in [-0.2, -0.15) is 4.98 Å². The molecule has 1 aromatic heterocycles. The summed E-state index contributed by atoms with van der Waals surface area (Å²) in [4.78, 5) is 103. The zero-order valence-corrected chi connectivity index (χ0v) is 55.1. The Labute approximate surface area is 580 Å². The Bertz CT molecular complexity index is 3280. The van der Waals surface area contributed by atoms with Gasteiger partial charge >= 0.3 is 11.7 Å². The predicted molar refractivity (Wildman–Crippen MR) is 320 cm³/mol. The second-order valence-electron chi connectivity index (χ2n) is 24.5. The van der Waals surface area contributed by atoms with Gasteiger partial charge in [0.15, 0.2) is 43.6 Å². The summed E-state index contributed by atoms with van der Waals surface area (Å²) in [6.07, 6.45) is -51.1. The van der Waals surface area contributed by atoms with Crippen molar-refractivity contribution in [1.82, 2.24) is 25.5 Å². The number of nitrogens with one attached hydrogen (secondary N) is 3. The molecular weight excluding hydrogens is 1420 g/mol. The number of aliphatic hydroxyl groups excluding tert-OH is 15. The predicted octanol–water partition coefficient (Wildman–Crippen LogP) is -12.6. The van der Waals surface area contributed by atoms with Crippen LogP contribution in [0.2, 0.25) is 0 Å². The number of carboxylic acids is 1. The largest absolute Gasteiger partial charge is 0.756 e. The summed E-state index contributed by atoms with van der Waals surface area (Å²) in [5.74, 6) is -9.42. The van der Waals surface area contributed by atoms with E-state index < -0.39 is 260 Å². The molecule has 6 fully saturated rings. The zero-order chi connectivity index (χ0) is 75.7. The molecule has 1 aromatic carbocycles. The van der Waals surface area contributed by atoms with Crippen molar-refractivity contribution in [2.75, 3.05) is 45.3 Å². The van der Waals surface area contributed by atoms with Gasteiger partial charge in [0.2, 0.25) is 24.4 Å². The molecule has 0 bridgehead atoms. The molecule has 580 valence electrons. The number of anilines is 1. The highest BCUT2D eigenvalue weighted by Crippen LogP contribution is 2.50. The lowest BCUT2D eigenvalue weighted by atomic mass is 9.80. The summed E-state index contributed by atoms with van der Waals surface area (Å²) >= 11 is 0. The first-order valence-corrected chi connectivity index (χ1v) is 33.0. The maximum Gasteiger partial charge on any atom is 0.364 e. The molecule has 0 radical (unpaired) electrons. The summed E-state index contributed by atoms with van der Waals surface area (Å²) in [6, 6.07) is 3.35. The summed E-state index contributed by atoms with van der Waals surface area (Å²) in [6.45, 7) is -3.39. The third kappa shape index (κ3) is 19.3. The van der Waals surface area contributed by atoms with E-state index in [0.29, 0.717) is 5.56 Å². The Morgan fingerprint density at radius 1 is 0.709 bits per heavy atom. The Balaban J connectivity index is 0.838. The Morgan fingerprint density at radius 2 is 1.26 bits per heavy atom. The minimum Gasteiger partial charge on any atom is -0.756 e. The number of phosphoric ester groups is 1. The lowest BCUT2D eigenvalue weighted by Gasteiger charge is -2.49. The second kappa shape index (κ2) is 35.9. The normalized spacial score (nSPS) is 38.8. The number of carboxylic acid groups (broad SMARTS) is 1. The molecule has 11 unspecified atom stereocenters. The van der Waals surface area contributed by atoms with Crippen molar-refractivity contribution < 1.29 is 186 Å². The van der Waals surface area contributed by atoms with E-state index in [0.717, 1.165) is 30.7 Å².